The highest BCUT2D eigenvalue weighted by Gasteiger charge is 2.35. The second kappa shape index (κ2) is 17.1. The van der Waals surface area contributed by atoms with Crippen molar-refractivity contribution in [2.75, 3.05) is 0 Å². The Labute approximate surface area is 478 Å². The van der Waals surface area contributed by atoms with Crippen LogP contribution in [0.3, 0.4) is 0 Å². The lowest BCUT2D eigenvalue weighted by atomic mass is 9.94. The fourth-order valence-electron chi connectivity index (χ4n) is 14.2. The number of benzene rings is 13. The Morgan fingerprint density at radius 3 is 1.23 bits per heavy atom. The van der Waals surface area contributed by atoms with E-state index in [0.717, 1.165) is 114 Å². The third-order valence-electron chi connectivity index (χ3n) is 17.6. The minimum atomic E-state index is 0.372. The fraction of sp³-hybridized carbons (Fsp3) is 0. The number of hydrogen-bond donors (Lipinski definition) is 0. The first-order valence-electron chi connectivity index (χ1n) is 28.0. The summed E-state index contributed by atoms with van der Waals surface area (Å²) in [6, 6.07) is 96.8. The lowest BCUT2D eigenvalue weighted by Crippen LogP contribution is -2.17. The summed E-state index contributed by atoms with van der Waals surface area (Å²) < 4.78 is 11.6. The van der Waals surface area contributed by atoms with E-state index in [2.05, 4.69) is 285 Å². The SMILES string of the molecule is N#Cc1c(-n2c3ccccc3c3ccccc32)c(C#N)c(-n2c3ccccc3c3ccccc32)c(-n2c3ccc(-c4cccc5c4ccc4ccccc45)cc3c3ccc4c5ccccc5sc4c32)c1-n1c2ccccc2c2ccccc21. The maximum atomic E-state index is 12.7. The second-order valence-corrected chi connectivity index (χ2v) is 22.7. The van der Waals surface area contributed by atoms with Gasteiger partial charge in [0.1, 0.15) is 23.3 Å². The fourth-order valence-corrected chi connectivity index (χ4v) is 15.5. The van der Waals surface area contributed by atoms with Crippen molar-refractivity contribution < 1.29 is 0 Å². The minimum absolute atomic E-state index is 0.372. The normalized spacial score (nSPS) is 12.1. The zero-order chi connectivity index (χ0) is 54.6. The molecule has 0 saturated heterocycles. The smallest absolute Gasteiger partial charge is 0.104 e. The van der Waals surface area contributed by atoms with Crippen molar-refractivity contribution >= 4 is 140 Å². The van der Waals surface area contributed by atoms with Gasteiger partial charge in [0, 0.05) is 58.6 Å². The van der Waals surface area contributed by atoms with Crippen LogP contribution in [0.25, 0.3) is 163 Å². The first-order chi connectivity index (χ1) is 41.2. The van der Waals surface area contributed by atoms with Gasteiger partial charge in [-0.2, -0.15) is 10.5 Å². The molecule has 0 saturated carbocycles. The van der Waals surface area contributed by atoms with Gasteiger partial charge < -0.3 is 18.3 Å². The Balaban J connectivity index is 1.12. The van der Waals surface area contributed by atoms with Gasteiger partial charge >= 0.3 is 0 Å². The largest absolute Gasteiger partial charge is 0.306 e. The zero-order valence-corrected chi connectivity index (χ0v) is 45.2. The molecule has 0 aliphatic carbocycles. The summed E-state index contributed by atoms with van der Waals surface area (Å²) in [5.41, 5.74) is 13.1. The molecule has 0 spiro atoms. The van der Waals surface area contributed by atoms with Crippen LogP contribution in [-0.4, -0.2) is 18.3 Å². The molecule has 0 aliphatic heterocycles. The molecule has 7 heteroatoms. The molecule has 0 aliphatic rings. The van der Waals surface area contributed by atoms with E-state index in [1.807, 2.05) is 0 Å². The molecule has 0 amide bonds. The van der Waals surface area contributed by atoms with Crippen molar-refractivity contribution in [2.24, 2.45) is 0 Å². The number of hydrogen-bond acceptors (Lipinski definition) is 3. The molecule has 0 fully saturated rings. The Morgan fingerprint density at radius 2 is 0.699 bits per heavy atom. The molecule has 0 bridgehead atoms. The van der Waals surface area contributed by atoms with E-state index in [9.17, 15) is 10.5 Å². The number of nitrogens with zero attached hydrogens (tertiary/aromatic N) is 6. The van der Waals surface area contributed by atoms with Gasteiger partial charge in [-0.1, -0.05) is 200 Å². The third-order valence-corrected chi connectivity index (χ3v) is 18.8. The predicted octanol–water partition coefficient (Wildman–Crippen LogP) is 20.2. The molecular formula is C76H42N6S. The molecule has 0 unspecified atom stereocenters. The van der Waals surface area contributed by atoms with Gasteiger partial charge in [-0.15, -0.1) is 11.3 Å². The number of rotatable bonds is 5. The first kappa shape index (κ1) is 45.6. The van der Waals surface area contributed by atoms with E-state index >= 15 is 0 Å². The molecule has 0 N–H and O–H groups in total. The molecule has 0 atom stereocenters. The topological polar surface area (TPSA) is 67.3 Å². The Hall–Kier alpha value is -11.2. The molecule has 5 aromatic heterocycles. The Morgan fingerprint density at radius 1 is 0.277 bits per heavy atom. The molecule has 18 rings (SSSR count). The lowest BCUT2D eigenvalue weighted by molar-refractivity contribution is 1.02. The summed E-state index contributed by atoms with van der Waals surface area (Å²) >= 11 is 1.79. The Bertz CT molecular complexity index is 5670. The average Bonchev–Trinajstić information content (AvgIpc) is 1.93. The van der Waals surface area contributed by atoms with Crippen molar-refractivity contribution in [1.29, 1.82) is 10.5 Å². The molecule has 83 heavy (non-hydrogen) atoms. The van der Waals surface area contributed by atoms with E-state index in [-0.39, 0.29) is 0 Å². The lowest BCUT2D eigenvalue weighted by Gasteiger charge is -2.27. The van der Waals surface area contributed by atoms with Crippen LogP contribution in [0, 0.1) is 22.7 Å². The number of para-hydroxylation sites is 6. The van der Waals surface area contributed by atoms with Crippen LogP contribution in [0.2, 0.25) is 0 Å². The summed E-state index contributed by atoms with van der Waals surface area (Å²) in [5.74, 6) is 0. The molecule has 5 heterocycles. The van der Waals surface area contributed by atoms with Crippen molar-refractivity contribution in [3.63, 3.8) is 0 Å². The minimum Gasteiger partial charge on any atom is -0.306 e. The maximum absolute atomic E-state index is 12.7. The van der Waals surface area contributed by atoms with Crippen molar-refractivity contribution in [3.8, 4) is 46.0 Å². The molecule has 382 valence electrons. The van der Waals surface area contributed by atoms with E-state index in [1.165, 1.54) is 31.6 Å². The third kappa shape index (κ3) is 6.13. The van der Waals surface area contributed by atoms with Crippen LogP contribution in [0.5, 0.6) is 0 Å². The van der Waals surface area contributed by atoms with Crippen molar-refractivity contribution in [2.45, 2.75) is 0 Å². The van der Waals surface area contributed by atoms with Gasteiger partial charge in [0.15, 0.2) is 0 Å². The zero-order valence-electron chi connectivity index (χ0n) is 44.3. The average molecular weight is 1070 g/mol. The van der Waals surface area contributed by atoms with Crippen LogP contribution in [0.4, 0.5) is 0 Å². The van der Waals surface area contributed by atoms with Crippen LogP contribution in [0.15, 0.2) is 255 Å². The molecule has 13 aromatic carbocycles. The summed E-state index contributed by atoms with van der Waals surface area (Å²) in [6.45, 7) is 0. The van der Waals surface area contributed by atoms with E-state index in [4.69, 9.17) is 0 Å². The maximum Gasteiger partial charge on any atom is 0.104 e. The van der Waals surface area contributed by atoms with Gasteiger partial charge in [-0.25, -0.2) is 0 Å². The molecular weight excluding hydrogens is 1030 g/mol. The summed E-state index contributed by atoms with van der Waals surface area (Å²) in [6.07, 6.45) is 0. The standard InChI is InChI=1S/C76H42N6S/c77-43-61-71(79-63-29-10-3-20-51(63)52-21-4-11-30-64(52)79)62(44-78)73(81-67-33-14-7-24-55(67)56-25-8-15-34-68(56)81)75(72(61)80-65-31-12-5-22-53(65)54-23-6-13-32-66(54)80)82-69-41-37-46(48-27-17-28-49-47-19-2-1-18-45(47)36-38-50(48)49)42-60(69)58-39-40-59-57-26-9-16-35-70(57)83-76(59)74(58)82/h1-42H. The number of aromatic nitrogens is 4. The van der Waals surface area contributed by atoms with Gasteiger partial charge in [0.25, 0.3) is 0 Å². The summed E-state index contributed by atoms with van der Waals surface area (Å²) in [5, 5.41) is 40.9. The van der Waals surface area contributed by atoms with Crippen LogP contribution < -0.4 is 0 Å². The summed E-state index contributed by atoms with van der Waals surface area (Å²) in [4.78, 5) is 0. The van der Waals surface area contributed by atoms with Crippen molar-refractivity contribution in [1.82, 2.24) is 18.3 Å². The van der Waals surface area contributed by atoms with E-state index in [1.54, 1.807) is 11.3 Å². The van der Waals surface area contributed by atoms with E-state index < -0.39 is 0 Å². The summed E-state index contributed by atoms with van der Waals surface area (Å²) in [7, 11) is 0. The highest BCUT2D eigenvalue weighted by atomic mass is 32.1. The van der Waals surface area contributed by atoms with Crippen molar-refractivity contribution in [3.05, 3.63) is 266 Å². The van der Waals surface area contributed by atoms with Gasteiger partial charge in [-0.3, -0.25) is 0 Å². The highest BCUT2D eigenvalue weighted by molar-refractivity contribution is 7.26. The number of nitriles is 2. The first-order valence-corrected chi connectivity index (χ1v) is 28.8. The Kier molecular flexibility index (Phi) is 9.42. The molecule has 6 nitrogen and oxygen atoms in total. The van der Waals surface area contributed by atoms with Crippen LogP contribution in [-0.2, 0) is 0 Å². The molecule has 18 aromatic rings. The number of fused-ring (bicyclic) bond motifs is 19. The van der Waals surface area contributed by atoms with Crippen LogP contribution >= 0.6 is 11.3 Å². The second-order valence-electron chi connectivity index (χ2n) is 21.7. The van der Waals surface area contributed by atoms with Crippen LogP contribution in [0.1, 0.15) is 11.1 Å². The highest BCUT2D eigenvalue weighted by Crippen LogP contribution is 2.51. The predicted molar refractivity (Wildman–Crippen MR) is 347 cm³/mol. The monoisotopic (exact) mass is 1070 g/mol. The van der Waals surface area contributed by atoms with Gasteiger partial charge in [0.2, 0.25) is 0 Å². The number of thiophene rings is 1. The van der Waals surface area contributed by atoms with E-state index in [0.29, 0.717) is 28.2 Å². The quantitative estimate of drug-likeness (QED) is 0.161. The van der Waals surface area contributed by atoms with Gasteiger partial charge in [-0.05, 0) is 87.3 Å². The van der Waals surface area contributed by atoms with Gasteiger partial charge in [0.05, 0.1) is 71.6 Å². The molecule has 0 radical (unpaired) electrons.